The van der Waals surface area contributed by atoms with Crippen molar-refractivity contribution in [2.75, 3.05) is 14.2 Å². The number of aryl methyl sites for hydroxylation is 4. The van der Waals surface area contributed by atoms with Gasteiger partial charge in [0.2, 0.25) is 0 Å². The Morgan fingerprint density at radius 2 is 1.93 bits per heavy atom. The summed E-state index contributed by atoms with van der Waals surface area (Å²) in [6.45, 7) is 0.724. The summed E-state index contributed by atoms with van der Waals surface area (Å²) < 4.78 is 12.7. The summed E-state index contributed by atoms with van der Waals surface area (Å²) in [4.78, 5) is 7.14. The lowest BCUT2D eigenvalue weighted by Crippen LogP contribution is -2.22. The van der Waals surface area contributed by atoms with E-state index in [1.54, 1.807) is 25.6 Å². The van der Waals surface area contributed by atoms with Gasteiger partial charge in [0.1, 0.15) is 10.3 Å². The van der Waals surface area contributed by atoms with Crippen LogP contribution in [0.1, 0.15) is 35.3 Å². The lowest BCUT2D eigenvalue weighted by molar-refractivity contribution is 0.354. The first-order valence-electron chi connectivity index (χ1n) is 9.46. The van der Waals surface area contributed by atoms with E-state index in [0.29, 0.717) is 5.49 Å². The van der Waals surface area contributed by atoms with Gasteiger partial charge in [0, 0.05) is 11.4 Å². The zero-order chi connectivity index (χ0) is 18.8. The Morgan fingerprint density at radius 3 is 2.74 bits per heavy atom. The smallest absolute Gasteiger partial charge is 0.160 e. The van der Waals surface area contributed by atoms with Gasteiger partial charge in [-0.15, -0.1) is 11.3 Å². The van der Waals surface area contributed by atoms with Gasteiger partial charge in [0.05, 0.1) is 25.9 Å². The molecule has 0 amide bonds. The van der Waals surface area contributed by atoms with Crippen LogP contribution in [0.15, 0.2) is 24.5 Å². The number of nitrogens with one attached hydrogen (secondary N) is 1. The Morgan fingerprint density at radius 1 is 1.11 bits per heavy atom. The van der Waals surface area contributed by atoms with Gasteiger partial charge in [0.15, 0.2) is 11.5 Å². The minimum absolute atomic E-state index is 0.597. The van der Waals surface area contributed by atoms with Crippen LogP contribution in [0, 0.1) is 5.41 Å². The van der Waals surface area contributed by atoms with Gasteiger partial charge in [-0.25, -0.2) is 4.98 Å². The third kappa shape index (κ3) is 3.46. The van der Waals surface area contributed by atoms with E-state index in [1.165, 1.54) is 29.7 Å². The summed E-state index contributed by atoms with van der Waals surface area (Å²) in [6.07, 6.45) is 8.63. The molecule has 0 fully saturated rings. The number of ether oxygens (including phenoxy) is 2. The Kier molecular flexibility index (Phi) is 5.16. The Labute approximate surface area is 163 Å². The van der Waals surface area contributed by atoms with Crippen LogP contribution < -0.4 is 15.0 Å². The molecule has 0 atom stereocenters. The van der Waals surface area contributed by atoms with Crippen molar-refractivity contribution in [3.8, 4) is 11.5 Å². The third-order valence-corrected chi connectivity index (χ3v) is 6.53. The molecule has 0 bridgehead atoms. The van der Waals surface area contributed by atoms with Crippen LogP contribution in [0.2, 0.25) is 0 Å². The topological polar surface area (TPSA) is 60.1 Å². The van der Waals surface area contributed by atoms with E-state index in [2.05, 4.69) is 4.98 Å². The summed E-state index contributed by atoms with van der Waals surface area (Å²) in [6, 6.07) is 5.99. The van der Waals surface area contributed by atoms with E-state index in [0.717, 1.165) is 53.1 Å². The molecule has 1 N–H and O–H groups in total. The van der Waals surface area contributed by atoms with Gasteiger partial charge < -0.3 is 14.0 Å². The predicted molar refractivity (Wildman–Crippen MR) is 108 cm³/mol. The molecule has 0 spiro atoms. The average Bonchev–Trinajstić information content (AvgIpc) is 2.89. The van der Waals surface area contributed by atoms with E-state index in [9.17, 15) is 0 Å². The fourth-order valence-corrected chi connectivity index (χ4v) is 5.07. The molecule has 0 saturated carbocycles. The second-order valence-corrected chi connectivity index (χ2v) is 8.05. The molecule has 0 radical (unpaired) electrons. The first kappa shape index (κ1) is 18.0. The number of hydrogen-bond donors (Lipinski definition) is 1. The SMILES string of the molecule is COc1ccc(CCn2cnc3sc4c(c3c2=N)CCCCC4)cc1OC. The maximum absolute atomic E-state index is 8.76. The molecule has 2 aromatic heterocycles. The number of methoxy groups -OCH3 is 2. The summed E-state index contributed by atoms with van der Waals surface area (Å²) in [7, 11) is 3.29. The number of aromatic nitrogens is 2. The van der Waals surface area contributed by atoms with Gasteiger partial charge in [-0.05, 0) is 55.4 Å². The van der Waals surface area contributed by atoms with Crippen LogP contribution in [0.5, 0.6) is 11.5 Å². The lowest BCUT2D eigenvalue weighted by atomic mass is 10.1. The molecule has 3 aromatic rings. The van der Waals surface area contributed by atoms with Crippen LogP contribution in [-0.2, 0) is 25.8 Å². The van der Waals surface area contributed by atoms with Crippen molar-refractivity contribution < 1.29 is 9.47 Å². The van der Waals surface area contributed by atoms with Crippen molar-refractivity contribution in [2.24, 2.45) is 0 Å². The van der Waals surface area contributed by atoms with Crippen molar-refractivity contribution in [1.29, 1.82) is 5.41 Å². The standard InChI is InChI=1S/C21H25N3O2S/c1-25-16-9-8-14(12-17(16)26-2)10-11-24-13-23-21-19(20(24)22)15-6-4-3-5-7-18(15)27-21/h8-9,12-13,22H,3-7,10-11H2,1-2H3. The summed E-state index contributed by atoms with van der Waals surface area (Å²) in [5.74, 6) is 1.47. The van der Waals surface area contributed by atoms with E-state index in [1.807, 2.05) is 29.1 Å². The molecule has 27 heavy (non-hydrogen) atoms. The Balaban J connectivity index is 1.62. The second-order valence-electron chi connectivity index (χ2n) is 6.97. The number of rotatable bonds is 5. The first-order valence-corrected chi connectivity index (χ1v) is 10.3. The van der Waals surface area contributed by atoms with Crippen LogP contribution >= 0.6 is 11.3 Å². The minimum Gasteiger partial charge on any atom is -0.493 e. The van der Waals surface area contributed by atoms with Crippen LogP contribution in [0.4, 0.5) is 0 Å². The molecule has 1 aliphatic rings. The maximum Gasteiger partial charge on any atom is 0.160 e. The highest BCUT2D eigenvalue weighted by atomic mass is 32.1. The third-order valence-electron chi connectivity index (χ3n) is 5.33. The van der Waals surface area contributed by atoms with Crippen molar-refractivity contribution in [3.05, 3.63) is 46.0 Å². The number of hydrogen-bond acceptors (Lipinski definition) is 5. The Hall–Kier alpha value is -2.34. The molecule has 6 heteroatoms. The monoisotopic (exact) mass is 383 g/mol. The van der Waals surface area contributed by atoms with Gasteiger partial charge >= 0.3 is 0 Å². The molecule has 0 aliphatic heterocycles. The second kappa shape index (κ2) is 7.72. The largest absolute Gasteiger partial charge is 0.493 e. The van der Waals surface area contributed by atoms with E-state index < -0.39 is 0 Å². The number of fused-ring (bicyclic) bond motifs is 3. The average molecular weight is 384 g/mol. The summed E-state index contributed by atoms with van der Waals surface area (Å²) in [5, 5.41) is 9.84. The van der Waals surface area contributed by atoms with Gasteiger partial charge in [-0.3, -0.25) is 5.41 Å². The molecule has 142 valence electrons. The van der Waals surface area contributed by atoms with Crippen LogP contribution in [0.25, 0.3) is 10.2 Å². The maximum atomic E-state index is 8.76. The lowest BCUT2D eigenvalue weighted by Gasteiger charge is -2.11. The van der Waals surface area contributed by atoms with Gasteiger partial charge in [-0.2, -0.15) is 0 Å². The van der Waals surface area contributed by atoms with Gasteiger partial charge in [-0.1, -0.05) is 12.5 Å². The molecule has 2 heterocycles. The molecular weight excluding hydrogens is 358 g/mol. The van der Waals surface area contributed by atoms with E-state index >= 15 is 0 Å². The molecule has 1 aliphatic carbocycles. The fourth-order valence-electron chi connectivity index (χ4n) is 3.84. The van der Waals surface area contributed by atoms with Crippen LogP contribution in [0.3, 0.4) is 0 Å². The highest BCUT2D eigenvalue weighted by molar-refractivity contribution is 7.18. The van der Waals surface area contributed by atoms with Crippen molar-refractivity contribution in [2.45, 2.75) is 45.1 Å². The zero-order valence-corrected chi connectivity index (χ0v) is 16.7. The summed E-state index contributed by atoms with van der Waals surface area (Å²) in [5.41, 5.74) is 3.13. The quantitative estimate of drug-likeness (QED) is 0.675. The van der Waals surface area contributed by atoms with E-state index in [4.69, 9.17) is 14.9 Å². The highest BCUT2D eigenvalue weighted by Crippen LogP contribution is 2.32. The normalized spacial score (nSPS) is 14.0. The highest BCUT2D eigenvalue weighted by Gasteiger charge is 2.17. The first-order chi connectivity index (χ1) is 13.2. The molecule has 0 unspecified atom stereocenters. The van der Waals surface area contributed by atoms with Crippen molar-refractivity contribution in [3.63, 3.8) is 0 Å². The molecular formula is C21H25N3O2S. The zero-order valence-electron chi connectivity index (χ0n) is 15.9. The number of thiophene rings is 1. The number of benzene rings is 1. The fraction of sp³-hybridized carbons (Fsp3) is 0.429. The van der Waals surface area contributed by atoms with Crippen LogP contribution in [-0.4, -0.2) is 23.8 Å². The molecule has 4 rings (SSSR count). The van der Waals surface area contributed by atoms with Crippen molar-refractivity contribution in [1.82, 2.24) is 9.55 Å². The molecule has 5 nitrogen and oxygen atoms in total. The molecule has 0 saturated heterocycles. The number of nitrogens with zero attached hydrogens (tertiary/aromatic N) is 2. The van der Waals surface area contributed by atoms with E-state index in [-0.39, 0.29) is 0 Å². The minimum atomic E-state index is 0.597. The Bertz CT molecular complexity index is 1020. The molecule has 1 aromatic carbocycles. The summed E-state index contributed by atoms with van der Waals surface area (Å²) >= 11 is 1.78. The predicted octanol–water partition coefficient (Wildman–Crippen LogP) is 4.11. The van der Waals surface area contributed by atoms with Crippen molar-refractivity contribution >= 4 is 21.6 Å². The van der Waals surface area contributed by atoms with Gasteiger partial charge in [0.25, 0.3) is 0 Å².